The normalized spacial score (nSPS) is 13.5. The summed E-state index contributed by atoms with van der Waals surface area (Å²) in [4.78, 5) is 25.6. The average molecular weight is 250 g/mol. The molecule has 18 heavy (non-hydrogen) atoms. The fourth-order valence-corrected chi connectivity index (χ4v) is 1.66. The Kier molecular flexibility index (Phi) is 5.25. The van der Waals surface area contributed by atoms with Crippen LogP contribution in [-0.4, -0.2) is 53.1 Å². The molecule has 1 saturated carbocycles. The van der Waals surface area contributed by atoms with Gasteiger partial charge in [-0.2, -0.15) is 0 Å². The lowest BCUT2D eigenvalue weighted by Gasteiger charge is -2.27. The number of nitrogens with zero attached hydrogens (tertiary/aromatic N) is 2. The molecule has 0 unspecified atom stereocenters. The van der Waals surface area contributed by atoms with Gasteiger partial charge < -0.3 is 14.9 Å². The van der Waals surface area contributed by atoms with Crippen molar-refractivity contribution in [3.8, 4) is 12.3 Å². The van der Waals surface area contributed by atoms with Gasteiger partial charge in [0.1, 0.15) is 6.54 Å². The lowest BCUT2D eigenvalue weighted by Crippen LogP contribution is -2.46. The van der Waals surface area contributed by atoms with Crippen molar-refractivity contribution in [2.75, 3.05) is 26.2 Å². The molecule has 5 nitrogen and oxygen atoms in total. The molecule has 1 fully saturated rings. The van der Waals surface area contributed by atoms with Gasteiger partial charge in [-0.25, -0.2) is 4.79 Å². The van der Waals surface area contributed by atoms with Crippen LogP contribution < -0.4 is 0 Å². The molecular formula is C13H18N2O3. The number of carbonyl (C=O) groups is 2. The van der Waals surface area contributed by atoms with Gasteiger partial charge in [0.2, 0.25) is 0 Å². The first kappa shape index (κ1) is 14.1. The number of hydrogen-bond donors (Lipinski definition) is 1. The molecule has 0 aromatic heterocycles. The maximum absolute atomic E-state index is 12.2. The zero-order valence-electron chi connectivity index (χ0n) is 10.3. The Morgan fingerprint density at radius 3 is 2.56 bits per heavy atom. The highest BCUT2D eigenvalue weighted by Crippen LogP contribution is 2.29. The SMILES string of the molecule is C#CCN(CC1CC1)C(=O)N(CC=C)CC(=O)O. The van der Waals surface area contributed by atoms with Crippen LogP contribution in [0.1, 0.15) is 12.8 Å². The maximum atomic E-state index is 12.2. The van der Waals surface area contributed by atoms with Crippen LogP contribution in [0.2, 0.25) is 0 Å². The lowest BCUT2D eigenvalue weighted by atomic mass is 10.3. The van der Waals surface area contributed by atoms with Gasteiger partial charge in [-0.3, -0.25) is 4.79 Å². The fourth-order valence-electron chi connectivity index (χ4n) is 1.66. The first-order valence-corrected chi connectivity index (χ1v) is 5.88. The van der Waals surface area contributed by atoms with Crippen LogP contribution in [0.5, 0.6) is 0 Å². The number of hydrogen-bond acceptors (Lipinski definition) is 2. The molecule has 1 rings (SSSR count). The van der Waals surface area contributed by atoms with Gasteiger partial charge in [-0.15, -0.1) is 13.0 Å². The number of carboxylic acid groups (broad SMARTS) is 1. The van der Waals surface area contributed by atoms with Crippen molar-refractivity contribution in [1.29, 1.82) is 0 Å². The first-order valence-electron chi connectivity index (χ1n) is 5.88. The third kappa shape index (κ3) is 4.50. The largest absolute Gasteiger partial charge is 0.480 e. The molecule has 0 aromatic rings. The van der Waals surface area contributed by atoms with E-state index in [1.54, 1.807) is 0 Å². The van der Waals surface area contributed by atoms with E-state index in [0.29, 0.717) is 12.5 Å². The molecule has 1 N–H and O–H groups in total. The summed E-state index contributed by atoms with van der Waals surface area (Å²) >= 11 is 0. The van der Waals surface area contributed by atoms with E-state index < -0.39 is 5.97 Å². The molecule has 0 aliphatic heterocycles. The van der Waals surface area contributed by atoms with Crippen molar-refractivity contribution >= 4 is 12.0 Å². The number of carboxylic acids is 1. The molecule has 0 atom stereocenters. The predicted octanol–water partition coefficient (Wildman–Crippen LogP) is 1.02. The van der Waals surface area contributed by atoms with Crippen LogP contribution in [0.15, 0.2) is 12.7 Å². The van der Waals surface area contributed by atoms with Gasteiger partial charge in [0.25, 0.3) is 0 Å². The van der Waals surface area contributed by atoms with Gasteiger partial charge in [-0.1, -0.05) is 12.0 Å². The van der Waals surface area contributed by atoms with Crippen molar-refractivity contribution < 1.29 is 14.7 Å². The van der Waals surface area contributed by atoms with E-state index in [9.17, 15) is 9.59 Å². The van der Waals surface area contributed by atoms with Crippen molar-refractivity contribution in [1.82, 2.24) is 9.80 Å². The quantitative estimate of drug-likeness (QED) is 0.542. The fraction of sp³-hybridized carbons (Fsp3) is 0.538. The molecule has 2 amide bonds. The third-order valence-electron chi connectivity index (χ3n) is 2.67. The molecule has 0 heterocycles. The Labute approximate surface area is 107 Å². The molecule has 0 saturated heterocycles. The summed E-state index contributed by atoms with van der Waals surface area (Å²) < 4.78 is 0. The highest BCUT2D eigenvalue weighted by molar-refractivity contribution is 5.80. The zero-order valence-corrected chi connectivity index (χ0v) is 10.3. The third-order valence-corrected chi connectivity index (χ3v) is 2.67. The molecule has 0 spiro atoms. The Balaban J connectivity index is 2.65. The summed E-state index contributed by atoms with van der Waals surface area (Å²) in [5, 5.41) is 8.78. The minimum Gasteiger partial charge on any atom is -0.480 e. The number of terminal acetylenes is 1. The van der Waals surface area contributed by atoms with E-state index in [1.807, 2.05) is 0 Å². The topological polar surface area (TPSA) is 60.9 Å². The average Bonchev–Trinajstić information content (AvgIpc) is 3.10. The molecule has 1 aliphatic rings. The summed E-state index contributed by atoms with van der Waals surface area (Å²) in [7, 11) is 0. The van der Waals surface area contributed by atoms with Crippen LogP contribution in [0.25, 0.3) is 0 Å². The second-order valence-corrected chi connectivity index (χ2v) is 4.37. The summed E-state index contributed by atoms with van der Waals surface area (Å²) in [6.45, 7) is 4.21. The van der Waals surface area contributed by atoms with Gasteiger partial charge in [0, 0.05) is 13.1 Å². The minimum absolute atomic E-state index is 0.205. The molecular weight excluding hydrogens is 232 g/mol. The molecule has 0 bridgehead atoms. The van der Waals surface area contributed by atoms with Crippen molar-refractivity contribution in [3.05, 3.63) is 12.7 Å². The lowest BCUT2D eigenvalue weighted by molar-refractivity contribution is -0.137. The number of amides is 2. The van der Waals surface area contributed by atoms with Crippen LogP contribution in [-0.2, 0) is 4.79 Å². The Morgan fingerprint density at radius 1 is 1.44 bits per heavy atom. The van der Waals surface area contributed by atoms with E-state index >= 15 is 0 Å². The standard InChI is InChI=1S/C13H18N2O3/c1-3-7-14(9-11-5-6-11)13(18)15(8-4-2)10-12(16)17/h1,4,11H,2,5-10H2,(H,16,17). The smallest absolute Gasteiger partial charge is 0.323 e. The van der Waals surface area contributed by atoms with Crippen LogP contribution >= 0.6 is 0 Å². The molecule has 0 aromatic carbocycles. The first-order chi connectivity index (χ1) is 8.58. The van der Waals surface area contributed by atoms with Gasteiger partial charge >= 0.3 is 12.0 Å². The van der Waals surface area contributed by atoms with Crippen LogP contribution in [0.4, 0.5) is 4.79 Å². The van der Waals surface area contributed by atoms with E-state index in [2.05, 4.69) is 12.5 Å². The summed E-state index contributed by atoms with van der Waals surface area (Å²) in [5.74, 6) is 1.90. The summed E-state index contributed by atoms with van der Waals surface area (Å²) in [6.07, 6.45) is 8.96. The number of carbonyl (C=O) groups excluding carboxylic acids is 1. The number of aliphatic carboxylic acids is 1. The monoisotopic (exact) mass is 250 g/mol. The number of rotatable bonds is 7. The second kappa shape index (κ2) is 6.70. The van der Waals surface area contributed by atoms with E-state index in [4.69, 9.17) is 11.5 Å². The second-order valence-electron chi connectivity index (χ2n) is 4.37. The van der Waals surface area contributed by atoms with E-state index in [1.165, 1.54) is 15.9 Å². The molecule has 98 valence electrons. The van der Waals surface area contributed by atoms with Gasteiger partial charge in [-0.05, 0) is 18.8 Å². The number of urea groups is 1. The summed E-state index contributed by atoms with van der Waals surface area (Å²) in [5.41, 5.74) is 0. The van der Waals surface area contributed by atoms with Crippen LogP contribution in [0.3, 0.4) is 0 Å². The molecule has 1 aliphatic carbocycles. The van der Waals surface area contributed by atoms with Crippen molar-refractivity contribution in [2.24, 2.45) is 5.92 Å². The van der Waals surface area contributed by atoms with Crippen LogP contribution in [0, 0.1) is 18.3 Å². The van der Waals surface area contributed by atoms with Gasteiger partial charge in [0.15, 0.2) is 0 Å². The summed E-state index contributed by atoms with van der Waals surface area (Å²) in [6, 6.07) is -0.331. The Hall–Kier alpha value is -1.96. The maximum Gasteiger partial charge on any atom is 0.323 e. The van der Waals surface area contributed by atoms with E-state index in [-0.39, 0.29) is 25.7 Å². The highest BCUT2D eigenvalue weighted by atomic mass is 16.4. The minimum atomic E-state index is -1.04. The molecule has 0 radical (unpaired) electrons. The Bertz CT molecular complexity index is 369. The van der Waals surface area contributed by atoms with Crippen molar-refractivity contribution in [3.63, 3.8) is 0 Å². The Morgan fingerprint density at radius 2 is 2.11 bits per heavy atom. The van der Waals surface area contributed by atoms with Crippen molar-refractivity contribution in [2.45, 2.75) is 12.8 Å². The zero-order chi connectivity index (χ0) is 13.5. The van der Waals surface area contributed by atoms with Gasteiger partial charge in [0.05, 0.1) is 6.54 Å². The molecule has 5 heteroatoms. The van der Waals surface area contributed by atoms with E-state index in [0.717, 1.165) is 12.8 Å². The highest BCUT2D eigenvalue weighted by Gasteiger charge is 2.28. The predicted molar refractivity (Wildman–Crippen MR) is 67.9 cm³/mol.